The molecule has 23 heavy (non-hydrogen) atoms. The van der Waals surface area contributed by atoms with Crippen LogP contribution >= 0.6 is 0 Å². The molecule has 1 unspecified atom stereocenters. The molecule has 1 heterocycles. The van der Waals surface area contributed by atoms with Gasteiger partial charge in [-0.05, 0) is 49.4 Å². The van der Waals surface area contributed by atoms with Gasteiger partial charge in [0, 0.05) is 31.9 Å². The molecule has 1 atom stereocenters. The fraction of sp³-hybridized carbons (Fsp3) is 0.684. The molecule has 0 aromatic heterocycles. The highest BCUT2D eigenvalue weighted by Gasteiger charge is 2.18. The molecule has 0 spiro atoms. The summed E-state index contributed by atoms with van der Waals surface area (Å²) in [6, 6.07) is 6.47. The van der Waals surface area contributed by atoms with Crippen LogP contribution in [0.3, 0.4) is 0 Å². The number of nitrogens with zero attached hydrogens (tertiary/aromatic N) is 2. The van der Waals surface area contributed by atoms with Crippen LogP contribution in [0.15, 0.2) is 18.2 Å². The van der Waals surface area contributed by atoms with E-state index in [9.17, 15) is 5.11 Å². The maximum absolute atomic E-state index is 10.5. The van der Waals surface area contributed by atoms with Crippen LogP contribution in [-0.2, 0) is 6.42 Å². The molecule has 4 heteroatoms. The highest BCUT2D eigenvalue weighted by molar-refractivity contribution is 5.57. The van der Waals surface area contributed by atoms with E-state index < -0.39 is 6.10 Å². The zero-order chi connectivity index (χ0) is 16.7. The standard InChI is InChI=1S/C19H32N2O2/c1-3-10-21-11-5-6-16-15-17(7-8-18(16)21)19(23)9-12-20(4-2)13-14-22/h7-8,15,19,22-23H,3-6,9-14H2,1-2H3. The highest BCUT2D eigenvalue weighted by Crippen LogP contribution is 2.30. The van der Waals surface area contributed by atoms with Gasteiger partial charge in [-0.1, -0.05) is 26.0 Å². The molecule has 2 N–H and O–H groups in total. The Balaban J connectivity index is 2.00. The molecule has 0 radical (unpaired) electrons. The number of anilines is 1. The van der Waals surface area contributed by atoms with E-state index in [-0.39, 0.29) is 6.61 Å². The first-order valence-electron chi connectivity index (χ1n) is 9.08. The van der Waals surface area contributed by atoms with Crippen LogP contribution in [0.25, 0.3) is 0 Å². The molecular formula is C19H32N2O2. The molecule has 0 fully saturated rings. The van der Waals surface area contributed by atoms with Gasteiger partial charge in [-0.2, -0.15) is 0 Å². The minimum Gasteiger partial charge on any atom is -0.395 e. The molecule has 1 aliphatic rings. The Labute approximate surface area is 140 Å². The Morgan fingerprint density at radius 1 is 1.26 bits per heavy atom. The summed E-state index contributed by atoms with van der Waals surface area (Å²) in [6.07, 6.45) is 3.77. The molecule has 0 saturated heterocycles. The fourth-order valence-corrected chi connectivity index (χ4v) is 3.45. The molecular weight excluding hydrogens is 288 g/mol. The summed E-state index contributed by atoms with van der Waals surface area (Å²) in [5.41, 5.74) is 3.76. The summed E-state index contributed by atoms with van der Waals surface area (Å²) in [5, 5.41) is 19.5. The number of rotatable bonds is 9. The third-order valence-electron chi connectivity index (χ3n) is 4.78. The van der Waals surface area contributed by atoms with Crippen molar-refractivity contribution >= 4 is 5.69 Å². The van der Waals surface area contributed by atoms with Crippen molar-refractivity contribution in [3.05, 3.63) is 29.3 Å². The summed E-state index contributed by atoms with van der Waals surface area (Å²) in [5.74, 6) is 0. The van der Waals surface area contributed by atoms with Gasteiger partial charge < -0.3 is 20.0 Å². The smallest absolute Gasteiger partial charge is 0.0802 e. The Hall–Kier alpha value is -1.10. The van der Waals surface area contributed by atoms with E-state index in [0.29, 0.717) is 13.0 Å². The predicted molar refractivity (Wildman–Crippen MR) is 96.0 cm³/mol. The lowest BCUT2D eigenvalue weighted by Gasteiger charge is -2.31. The normalized spacial score (nSPS) is 15.8. The van der Waals surface area contributed by atoms with Crippen molar-refractivity contribution in [1.29, 1.82) is 0 Å². The maximum Gasteiger partial charge on any atom is 0.0802 e. The van der Waals surface area contributed by atoms with Gasteiger partial charge in [-0.15, -0.1) is 0 Å². The van der Waals surface area contributed by atoms with Crippen LogP contribution < -0.4 is 4.90 Å². The zero-order valence-corrected chi connectivity index (χ0v) is 14.7. The second-order valence-corrected chi connectivity index (χ2v) is 6.44. The van der Waals surface area contributed by atoms with Gasteiger partial charge in [0.05, 0.1) is 12.7 Å². The van der Waals surface area contributed by atoms with Gasteiger partial charge >= 0.3 is 0 Å². The van der Waals surface area contributed by atoms with Crippen molar-refractivity contribution in [1.82, 2.24) is 4.90 Å². The third-order valence-corrected chi connectivity index (χ3v) is 4.78. The predicted octanol–water partition coefficient (Wildman–Crippen LogP) is 2.59. The summed E-state index contributed by atoms with van der Waals surface area (Å²) in [6.45, 7) is 9.15. The summed E-state index contributed by atoms with van der Waals surface area (Å²) < 4.78 is 0. The van der Waals surface area contributed by atoms with Gasteiger partial charge in [0.25, 0.3) is 0 Å². The minimum atomic E-state index is -0.422. The largest absolute Gasteiger partial charge is 0.395 e. The van der Waals surface area contributed by atoms with Crippen LogP contribution in [0.5, 0.6) is 0 Å². The van der Waals surface area contributed by atoms with E-state index in [1.54, 1.807) is 0 Å². The van der Waals surface area contributed by atoms with E-state index in [0.717, 1.165) is 38.2 Å². The van der Waals surface area contributed by atoms with E-state index >= 15 is 0 Å². The first-order chi connectivity index (χ1) is 11.2. The topological polar surface area (TPSA) is 46.9 Å². The average Bonchev–Trinajstić information content (AvgIpc) is 2.58. The first-order valence-corrected chi connectivity index (χ1v) is 9.08. The SMILES string of the molecule is CCCN1CCCc2cc(C(O)CCN(CC)CCO)ccc21. The molecule has 0 aliphatic carbocycles. The molecule has 0 amide bonds. The number of hydrogen-bond acceptors (Lipinski definition) is 4. The molecule has 1 aromatic carbocycles. The maximum atomic E-state index is 10.5. The van der Waals surface area contributed by atoms with Crippen LogP contribution in [0.4, 0.5) is 5.69 Å². The second-order valence-electron chi connectivity index (χ2n) is 6.44. The van der Waals surface area contributed by atoms with Gasteiger partial charge in [-0.25, -0.2) is 0 Å². The first kappa shape index (κ1) is 18.2. The lowest BCUT2D eigenvalue weighted by atomic mass is 9.96. The highest BCUT2D eigenvalue weighted by atomic mass is 16.3. The van der Waals surface area contributed by atoms with Crippen LogP contribution in [0.1, 0.15) is 50.3 Å². The van der Waals surface area contributed by atoms with Gasteiger partial charge in [0.1, 0.15) is 0 Å². The molecule has 2 rings (SSSR count). The van der Waals surface area contributed by atoms with Crippen molar-refractivity contribution in [2.75, 3.05) is 44.2 Å². The second kappa shape index (κ2) is 9.26. The fourth-order valence-electron chi connectivity index (χ4n) is 3.45. The number of fused-ring (bicyclic) bond motifs is 1. The minimum absolute atomic E-state index is 0.177. The van der Waals surface area contributed by atoms with E-state index in [2.05, 4.69) is 41.8 Å². The van der Waals surface area contributed by atoms with Crippen molar-refractivity contribution in [3.63, 3.8) is 0 Å². The van der Waals surface area contributed by atoms with Gasteiger partial charge in [0.2, 0.25) is 0 Å². The monoisotopic (exact) mass is 320 g/mol. The number of hydrogen-bond donors (Lipinski definition) is 2. The Kier molecular flexibility index (Phi) is 7.34. The van der Waals surface area contributed by atoms with Gasteiger partial charge in [0.15, 0.2) is 0 Å². The lowest BCUT2D eigenvalue weighted by molar-refractivity contribution is 0.133. The summed E-state index contributed by atoms with van der Waals surface area (Å²) >= 11 is 0. The molecule has 0 saturated carbocycles. The lowest BCUT2D eigenvalue weighted by Crippen LogP contribution is -2.30. The Morgan fingerprint density at radius 2 is 2.09 bits per heavy atom. The van der Waals surface area contributed by atoms with Crippen molar-refractivity contribution in [3.8, 4) is 0 Å². The van der Waals surface area contributed by atoms with E-state index in [1.165, 1.54) is 24.1 Å². The van der Waals surface area contributed by atoms with Crippen molar-refractivity contribution in [2.24, 2.45) is 0 Å². The Bertz CT molecular complexity index is 478. The number of aryl methyl sites for hydroxylation is 1. The summed E-state index contributed by atoms with van der Waals surface area (Å²) in [4.78, 5) is 4.64. The van der Waals surface area contributed by atoms with Crippen LogP contribution in [0, 0.1) is 0 Å². The number of benzene rings is 1. The van der Waals surface area contributed by atoms with Crippen LogP contribution in [0.2, 0.25) is 0 Å². The summed E-state index contributed by atoms with van der Waals surface area (Å²) in [7, 11) is 0. The number of likely N-dealkylation sites (N-methyl/N-ethyl adjacent to an activating group) is 1. The Morgan fingerprint density at radius 3 is 2.78 bits per heavy atom. The molecule has 0 bridgehead atoms. The van der Waals surface area contributed by atoms with Gasteiger partial charge in [-0.3, -0.25) is 0 Å². The average molecular weight is 320 g/mol. The van der Waals surface area contributed by atoms with Crippen molar-refractivity contribution in [2.45, 2.75) is 45.6 Å². The van der Waals surface area contributed by atoms with Crippen molar-refractivity contribution < 1.29 is 10.2 Å². The van der Waals surface area contributed by atoms with Crippen LogP contribution in [-0.4, -0.2) is 54.4 Å². The molecule has 1 aliphatic heterocycles. The molecule has 4 nitrogen and oxygen atoms in total. The van der Waals surface area contributed by atoms with E-state index in [1.807, 2.05) is 0 Å². The zero-order valence-electron chi connectivity index (χ0n) is 14.7. The molecule has 1 aromatic rings. The number of aliphatic hydroxyl groups is 2. The molecule has 130 valence electrons. The third kappa shape index (κ3) is 4.93. The number of aliphatic hydroxyl groups excluding tert-OH is 2. The quantitative estimate of drug-likeness (QED) is 0.734. The van der Waals surface area contributed by atoms with E-state index in [4.69, 9.17) is 5.11 Å².